The first-order chi connectivity index (χ1) is 43.5. The van der Waals surface area contributed by atoms with Crippen molar-refractivity contribution in [1.29, 1.82) is 0 Å². The number of carbonyl (C=O) groups is 2. The SMILES string of the molecule is CCCCCCCCCCCCCCCCCCCCCCCCCC(O)C(CO)NC(=O)CCCCCCCCCCCCCCCCCCC/C=C\CCCCCCCCCCCCCCCCOC(=O)CCCCCCCCCCCCCCC. The molecule has 3 N–H and O–H groups in total. The molecule has 2 atom stereocenters. The fourth-order valence-corrected chi connectivity index (χ4v) is 13.3. The summed E-state index contributed by atoms with van der Waals surface area (Å²) >= 11 is 0. The number of nitrogens with one attached hydrogen (secondary N) is 1. The lowest BCUT2D eigenvalue weighted by Crippen LogP contribution is -2.45. The first kappa shape index (κ1) is 86.6. The molecule has 2 unspecified atom stereocenters. The van der Waals surface area contributed by atoms with Gasteiger partial charge in [0.2, 0.25) is 5.91 Å². The van der Waals surface area contributed by atoms with Crippen LogP contribution in [0.15, 0.2) is 12.2 Å². The van der Waals surface area contributed by atoms with Crippen LogP contribution >= 0.6 is 0 Å². The molecular weight excluding hydrogens is 1080 g/mol. The van der Waals surface area contributed by atoms with Gasteiger partial charge in [0, 0.05) is 12.8 Å². The summed E-state index contributed by atoms with van der Waals surface area (Å²) in [5.74, 6) is -0.00216. The second-order valence-corrected chi connectivity index (χ2v) is 28.5. The van der Waals surface area contributed by atoms with Gasteiger partial charge in [-0.05, 0) is 51.4 Å². The van der Waals surface area contributed by atoms with Gasteiger partial charge in [-0.15, -0.1) is 0 Å². The van der Waals surface area contributed by atoms with E-state index in [2.05, 4.69) is 31.3 Å². The van der Waals surface area contributed by atoms with Crippen LogP contribution in [0.5, 0.6) is 0 Å². The van der Waals surface area contributed by atoms with E-state index in [0.717, 1.165) is 38.5 Å². The van der Waals surface area contributed by atoms with E-state index in [1.165, 1.54) is 405 Å². The lowest BCUT2D eigenvalue weighted by Gasteiger charge is -2.22. The summed E-state index contributed by atoms with van der Waals surface area (Å²) in [4.78, 5) is 24.6. The molecule has 0 aromatic carbocycles. The second kappa shape index (κ2) is 78.0. The van der Waals surface area contributed by atoms with Crippen molar-refractivity contribution < 1.29 is 24.5 Å². The summed E-state index contributed by atoms with van der Waals surface area (Å²) in [5.41, 5.74) is 0. The molecule has 0 spiro atoms. The highest BCUT2D eigenvalue weighted by atomic mass is 16.5. The number of rotatable bonds is 78. The third-order valence-electron chi connectivity index (χ3n) is 19.6. The van der Waals surface area contributed by atoms with Gasteiger partial charge in [-0.3, -0.25) is 9.59 Å². The van der Waals surface area contributed by atoms with Crippen molar-refractivity contribution in [2.45, 2.75) is 488 Å². The van der Waals surface area contributed by atoms with Gasteiger partial charge in [-0.1, -0.05) is 424 Å². The Morgan fingerprint density at radius 1 is 0.307 bits per heavy atom. The van der Waals surface area contributed by atoms with Crippen molar-refractivity contribution >= 4 is 11.9 Å². The molecule has 0 rings (SSSR count). The maximum absolute atomic E-state index is 12.6. The largest absolute Gasteiger partial charge is 0.466 e. The molecule has 0 saturated carbocycles. The van der Waals surface area contributed by atoms with E-state index in [9.17, 15) is 19.8 Å². The number of aliphatic hydroxyl groups excluding tert-OH is 2. The van der Waals surface area contributed by atoms with Crippen molar-refractivity contribution in [2.75, 3.05) is 13.2 Å². The Morgan fingerprint density at radius 3 is 0.807 bits per heavy atom. The zero-order valence-electron chi connectivity index (χ0n) is 60.3. The van der Waals surface area contributed by atoms with Crippen LogP contribution in [0, 0.1) is 0 Å². The number of carbonyl (C=O) groups excluding carboxylic acids is 2. The van der Waals surface area contributed by atoms with Crippen molar-refractivity contribution in [3.8, 4) is 0 Å². The van der Waals surface area contributed by atoms with E-state index in [-0.39, 0.29) is 18.5 Å². The van der Waals surface area contributed by atoms with Gasteiger partial charge in [0.1, 0.15) is 0 Å². The van der Waals surface area contributed by atoms with Crippen molar-refractivity contribution in [3.05, 3.63) is 12.2 Å². The third kappa shape index (κ3) is 73.6. The molecule has 0 radical (unpaired) electrons. The number of ether oxygens (including phenoxy) is 1. The molecule has 0 aliphatic carbocycles. The third-order valence-corrected chi connectivity index (χ3v) is 19.6. The predicted octanol–water partition coefficient (Wildman–Crippen LogP) is 27.1. The molecule has 524 valence electrons. The van der Waals surface area contributed by atoms with Crippen LogP contribution in [0.4, 0.5) is 0 Å². The zero-order valence-corrected chi connectivity index (χ0v) is 60.3. The van der Waals surface area contributed by atoms with Crippen LogP contribution in [0.2, 0.25) is 0 Å². The smallest absolute Gasteiger partial charge is 0.305 e. The van der Waals surface area contributed by atoms with E-state index in [4.69, 9.17) is 4.74 Å². The van der Waals surface area contributed by atoms with Crippen LogP contribution in [0.25, 0.3) is 0 Å². The highest BCUT2D eigenvalue weighted by Gasteiger charge is 2.20. The topological polar surface area (TPSA) is 95.9 Å². The molecule has 0 bridgehead atoms. The molecular formula is C82H161NO5. The van der Waals surface area contributed by atoms with Gasteiger partial charge in [-0.25, -0.2) is 0 Å². The molecule has 88 heavy (non-hydrogen) atoms. The predicted molar refractivity (Wildman–Crippen MR) is 389 cm³/mol. The minimum atomic E-state index is -0.663. The molecule has 0 aromatic heterocycles. The van der Waals surface area contributed by atoms with Crippen LogP contribution in [0.3, 0.4) is 0 Å². The Bertz CT molecular complexity index is 1340. The fraction of sp³-hybridized carbons (Fsp3) is 0.951. The van der Waals surface area contributed by atoms with Crippen LogP contribution in [-0.2, 0) is 14.3 Å². The molecule has 0 aromatic rings. The molecule has 0 saturated heterocycles. The van der Waals surface area contributed by atoms with Crippen molar-refractivity contribution in [1.82, 2.24) is 5.32 Å². The van der Waals surface area contributed by atoms with E-state index < -0.39 is 12.1 Å². The van der Waals surface area contributed by atoms with Gasteiger partial charge in [0.05, 0.1) is 25.4 Å². The Morgan fingerprint density at radius 2 is 0.534 bits per heavy atom. The van der Waals surface area contributed by atoms with E-state index in [0.29, 0.717) is 25.9 Å². The number of aliphatic hydroxyl groups is 2. The standard InChI is InChI=1S/C82H161NO5/c1-3-5-7-9-11-13-15-17-18-19-20-21-35-38-41-44-47-51-54-58-62-66-70-74-80(85)79(78-84)83-81(86)75-71-67-63-59-55-52-48-45-42-39-36-33-31-29-27-25-23-22-24-26-28-30-32-34-37-40-43-46-49-53-57-61-65-69-73-77-88-82(87)76-72-68-64-60-56-50-16-14-12-10-8-6-4-2/h24,26,79-80,84-85H,3-23,25,27-78H2,1-2H3,(H,83,86)/b26-24-. The van der Waals surface area contributed by atoms with E-state index in [1.54, 1.807) is 0 Å². The summed E-state index contributed by atoms with van der Waals surface area (Å²) in [7, 11) is 0. The minimum absolute atomic E-state index is 0.0230. The first-order valence-corrected chi connectivity index (χ1v) is 40.9. The highest BCUT2D eigenvalue weighted by Crippen LogP contribution is 2.21. The minimum Gasteiger partial charge on any atom is -0.466 e. The molecule has 0 aliphatic rings. The Labute approximate surface area is 552 Å². The Balaban J connectivity index is 3.34. The number of unbranched alkanes of at least 4 members (excludes halogenated alkanes) is 65. The molecule has 0 heterocycles. The van der Waals surface area contributed by atoms with Gasteiger partial charge >= 0.3 is 5.97 Å². The summed E-state index contributed by atoms with van der Waals surface area (Å²) in [6.07, 6.45) is 98.9. The first-order valence-electron chi connectivity index (χ1n) is 40.9. The van der Waals surface area contributed by atoms with Crippen LogP contribution < -0.4 is 5.32 Å². The Kier molecular flexibility index (Phi) is 76.8. The lowest BCUT2D eigenvalue weighted by atomic mass is 10.0. The summed E-state index contributed by atoms with van der Waals surface area (Å²) < 4.78 is 5.50. The van der Waals surface area contributed by atoms with Crippen molar-refractivity contribution in [2.24, 2.45) is 0 Å². The van der Waals surface area contributed by atoms with Crippen molar-refractivity contribution in [3.63, 3.8) is 0 Å². The number of amides is 1. The van der Waals surface area contributed by atoms with Gasteiger partial charge in [-0.2, -0.15) is 0 Å². The summed E-state index contributed by atoms with van der Waals surface area (Å²) in [6, 6.07) is -0.539. The second-order valence-electron chi connectivity index (χ2n) is 28.5. The summed E-state index contributed by atoms with van der Waals surface area (Å²) in [5, 5.41) is 23.5. The fourth-order valence-electron chi connectivity index (χ4n) is 13.3. The number of allylic oxidation sites excluding steroid dienone is 2. The number of hydrogen-bond acceptors (Lipinski definition) is 5. The normalized spacial score (nSPS) is 12.5. The molecule has 1 amide bonds. The zero-order chi connectivity index (χ0) is 63.5. The maximum atomic E-state index is 12.6. The van der Waals surface area contributed by atoms with E-state index >= 15 is 0 Å². The molecule has 0 fully saturated rings. The Hall–Kier alpha value is -1.40. The lowest BCUT2D eigenvalue weighted by molar-refractivity contribution is -0.143. The van der Waals surface area contributed by atoms with E-state index in [1.807, 2.05) is 0 Å². The highest BCUT2D eigenvalue weighted by molar-refractivity contribution is 5.76. The quantitative estimate of drug-likeness (QED) is 0.0320. The number of hydrogen-bond donors (Lipinski definition) is 3. The summed E-state index contributed by atoms with van der Waals surface area (Å²) in [6.45, 7) is 5.01. The monoisotopic (exact) mass is 1240 g/mol. The van der Waals surface area contributed by atoms with Crippen LogP contribution in [-0.4, -0.2) is 47.4 Å². The average molecular weight is 1240 g/mol. The van der Waals surface area contributed by atoms with Crippen LogP contribution in [0.1, 0.15) is 476 Å². The maximum Gasteiger partial charge on any atom is 0.305 e. The number of esters is 1. The van der Waals surface area contributed by atoms with Gasteiger partial charge in [0.15, 0.2) is 0 Å². The molecule has 6 heteroatoms. The molecule has 6 nitrogen and oxygen atoms in total. The molecule has 0 aliphatic heterocycles. The van der Waals surface area contributed by atoms with Gasteiger partial charge < -0.3 is 20.3 Å². The van der Waals surface area contributed by atoms with Gasteiger partial charge in [0.25, 0.3) is 0 Å². The average Bonchev–Trinajstić information content (AvgIpc) is 3.53.